The van der Waals surface area contributed by atoms with Gasteiger partial charge in [-0.2, -0.15) is 0 Å². The summed E-state index contributed by atoms with van der Waals surface area (Å²) in [6, 6.07) is 4.69. The SMILES string of the molecule is COc1ccc(CN)cc1S(=O)(=O)NC1CCOC1C. The molecule has 20 heavy (non-hydrogen) atoms. The number of methoxy groups -OCH3 is 1. The number of sulfonamides is 1. The average molecular weight is 300 g/mol. The minimum Gasteiger partial charge on any atom is -0.495 e. The van der Waals surface area contributed by atoms with Crippen LogP contribution in [0.15, 0.2) is 23.1 Å². The first-order chi connectivity index (χ1) is 9.47. The van der Waals surface area contributed by atoms with Crippen molar-refractivity contribution in [3.8, 4) is 5.75 Å². The summed E-state index contributed by atoms with van der Waals surface area (Å²) in [5.74, 6) is 0.307. The molecule has 3 N–H and O–H groups in total. The highest BCUT2D eigenvalue weighted by Gasteiger charge is 2.30. The van der Waals surface area contributed by atoms with Crippen molar-refractivity contribution in [2.75, 3.05) is 13.7 Å². The van der Waals surface area contributed by atoms with Crippen LogP contribution in [-0.2, 0) is 21.3 Å². The zero-order chi connectivity index (χ0) is 14.8. The van der Waals surface area contributed by atoms with E-state index in [9.17, 15) is 8.42 Å². The first kappa shape index (κ1) is 15.2. The Morgan fingerprint density at radius 1 is 1.50 bits per heavy atom. The van der Waals surface area contributed by atoms with Gasteiger partial charge in [-0.1, -0.05) is 6.07 Å². The van der Waals surface area contributed by atoms with Gasteiger partial charge in [-0.25, -0.2) is 13.1 Å². The Labute approximate surface area is 119 Å². The number of hydrogen-bond acceptors (Lipinski definition) is 5. The molecular formula is C13H20N2O4S. The molecule has 0 amide bonds. The Bertz CT molecular complexity index is 574. The highest BCUT2D eigenvalue weighted by atomic mass is 32.2. The summed E-state index contributed by atoms with van der Waals surface area (Å²) in [7, 11) is -2.22. The van der Waals surface area contributed by atoms with Crippen LogP contribution >= 0.6 is 0 Å². The fraction of sp³-hybridized carbons (Fsp3) is 0.538. The predicted octanol–water partition coefficient (Wildman–Crippen LogP) is 0.610. The summed E-state index contributed by atoms with van der Waals surface area (Å²) in [6.45, 7) is 2.69. The lowest BCUT2D eigenvalue weighted by atomic mass is 10.2. The monoisotopic (exact) mass is 300 g/mol. The predicted molar refractivity (Wildman–Crippen MR) is 75.0 cm³/mol. The van der Waals surface area contributed by atoms with Crippen molar-refractivity contribution in [1.82, 2.24) is 4.72 Å². The van der Waals surface area contributed by atoms with E-state index in [0.29, 0.717) is 18.8 Å². The first-order valence-corrected chi connectivity index (χ1v) is 7.97. The van der Waals surface area contributed by atoms with E-state index in [4.69, 9.17) is 15.2 Å². The van der Waals surface area contributed by atoms with Crippen LogP contribution in [0.4, 0.5) is 0 Å². The molecule has 1 heterocycles. The molecule has 1 aliphatic rings. The fourth-order valence-electron chi connectivity index (χ4n) is 2.21. The molecule has 1 aromatic rings. The Hall–Kier alpha value is -1.15. The maximum absolute atomic E-state index is 12.5. The summed E-state index contributed by atoms with van der Waals surface area (Å²) in [5, 5.41) is 0. The van der Waals surface area contributed by atoms with Crippen LogP contribution < -0.4 is 15.2 Å². The van der Waals surface area contributed by atoms with Crippen LogP contribution in [0.1, 0.15) is 18.9 Å². The van der Waals surface area contributed by atoms with Crippen molar-refractivity contribution in [2.45, 2.75) is 36.9 Å². The normalized spacial score (nSPS) is 22.9. The maximum Gasteiger partial charge on any atom is 0.244 e. The molecule has 1 aliphatic heterocycles. The van der Waals surface area contributed by atoms with Crippen LogP contribution in [-0.4, -0.2) is 34.3 Å². The zero-order valence-corrected chi connectivity index (χ0v) is 12.4. The van der Waals surface area contributed by atoms with Gasteiger partial charge in [0.2, 0.25) is 10.0 Å². The van der Waals surface area contributed by atoms with Gasteiger partial charge in [0.15, 0.2) is 0 Å². The van der Waals surface area contributed by atoms with E-state index in [0.717, 1.165) is 5.56 Å². The van der Waals surface area contributed by atoms with Crippen molar-refractivity contribution >= 4 is 10.0 Å². The molecule has 0 spiro atoms. The summed E-state index contributed by atoms with van der Waals surface area (Å²) in [4.78, 5) is 0.113. The Morgan fingerprint density at radius 3 is 2.80 bits per heavy atom. The first-order valence-electron chi connectivity index (χ1n) is 6.49. The third kappa shape index (κ3) is 3.12. The van der Waals surface area contributed by atoms with Gasteiger partial charge in [0.25, 0.3) is 0 Å². The molecule has 1 fully saturated rings. The molecule has 2 atom stereocenters. The minimum atomic E-state index is -3.66. The lowest BCUT2D eigenvalue weighted by Crippen LogP contribution is -2.39. The van der Waals surface area contributed by atoms with Gasteiger partial charge >= 0.3 is 0 Å². The zero-order valence-electron chi connectivity index (χ0n) is 11.6. The van der Waals surface area contributed by atoms with Gasteiger partial charge in [-0.3, -0.25) is 0 Å². The van der Waals surface area contributed by atoms with E-state index in [1.54, 1.807) is 18.2 Å². The molecule has 1 aromatic carbocycles. The van der Waals surface area contributed by atoms with E-state index >= 15 is 0 Å². The second-order valence-corrected chi connectivity index (χ2v) is 6.46. The lowest BCUT2D eigenvalue weighted by molar-refractivity contribution is 0.117. The highest BCUT2D eigenvalue weighted by molar-refractivity contribution is 7.89. The average Bonchev–Trinajstić information content (AvgIpc) is 2.83. The van der Waals surface area contributed by atoms with Gasteiger partial charge in [0, 0.05) is 13.2 Å². The molecule has 2 rings (SSSR count). The van der Waals surface area contributed by atoms with Crippen molar-refractivity contribution in [3.05, 3.63) is 23.8 Å². The molecule has 0 saturated carbocycles. The molecular weight excluding hydrogens is 280 g/mol. The number of hydrogen-bond donors (Lipinski definition) is 2. The molecule has 0 aromatic heterocycles. The summed E-state index contributed by atoms with van der Waals surface area (Å²) in [6.07, 6.45) is 0.535. The minimum absolute atomic E-state index is 0.113. The van der Waals surface area contributed by atoms with Crippen molar-refractivity contribution in [2.24, 2.45) is 5.73 Å². The van der Waals surface area contributed by atoms with Crippen LogP contribution in [0.25, 0.3) is 0 Å². The van der Waals surface area contributed by atoms with Gasteiger partial charge in [0.05, 0.1) is 19.3 Å². The van der Waals surface area contributed by atoms with Crippen molar-refractivity contribution < 1.29 is 17.9 Å². The van der Waals surface area contributed by atoms with E-state index < -0.39 is 10.0 Å². The molecule has 0 aliphatic carbocycles. The molecule has 1 saturated heterocycles. The standard InChI is InChI=1S/C13H20N2O4S/c1-9-11(5-6-19-9)15-20(16,17)13-7-10(8-14)3-4-12(13)18-2/h3-4,7,9,11,15H,5-6,8,14H2,1-2H3. The van der Waals surface area contributed by atoms with Crippen LogP contribution in [0.2, 0.25) is 0 Å². The lowest BCUT2D eigenvalue weighted by Gasteiger charge is -2.18. The molecule has 6 nitrogen and oxygen atoms in total. The smallest absolute Gasteiger partial charge is 0.244 e. The topological polar surface area (TPSA) is 90.7 Å². The van der Waals surface area contributed by atoms with Gasteiger partial charge in [-0.05, 0) is 31.0 Å². The molecule has 0 radical (unpaired) electrons. The van der Waals surface area contributed by atoms with Crippen LogP contribution in [0.5, 0.6) is 5.75 Å². The van der Waals surface area contributed by atoms with Crippen LogP contribution in [0, 0.1) is 0 Å². The number of ether oxygens (including phenoxy) is 2. The van der Waals surface area contributed by atoms with Gasteiger partial charge in [-0.15, -0.1) is 0 Å². The molecule has 0 bridgehead atoms. The second-order valence-electron chi connectivity index (χ2n) is 4.78. The number of nitrogens with one attached hydrogen (secondary N) is 1. The summed E-state index contributed by atoms with van der Waals surface area (Å²) in [5.41, 5.74) is 6.30. The van der Waals surface area contributed by atoms with E-state index in [1.165, 1.54) is 7.11 Å². The summed E-state index contributed by atoms with van der Waals surface area (Å²) < 4.78 is 38.2. The van der Waals surface area contributed by atoms with E-state index in [-0.39, 0.29) is 23.6 Å². The summed E-state index contributed by atoms with van der Waals surface area (Å²) >= 11 is 0. The third-order valence-electron chi connectivity index (χ3n) is 3.44. The molecule has 2 unspecified atom stereocenters. The Balaban J connectivity index is 2.32. The maximum atomic E-state index is 12.5. The molecule has 112 valence electrons. The van der Waals surface area contributed by atoms with Crippen LogP contribution in [0.3, 0.4) is 0 Å². The fourth-order valence-corrected chi connectivity index (χ4v) is 3.77. The van der Waals surface area contributed by atoms with Crippen molar-refractivity contribution in [1.29, 1.82) is 0 Å². The molecule has 7 heteroatoms. The highest BCUT2D eigenvalue weighted by Crippen LogP contribution is 2.26. The van der Waals surface area contributed by atoms with E-state index in [2.05, 4.69) is 4.72 Å². The third-order valence-corrected chi connectivity index (χ3v) is 4.95. The largest absolute Gasteiger partial charge is 0.495 e. The second kappa shape index (κ2) is 6.09. The Morgan fingerprint density at radius 2 is 2.25 bits per heavy atom. The van der Waals surface area contributed by atoms with Crippen molar-refractivity contribution in [3.63, 3.8) is 0 Å². The number of nitrogens with two attached hydrogens (primary N) is 1. The van der Waals surface area contributed by atoms with Gasteiger partial charge < -0.3 is 15.2 Å². The number of benzene rings is 1. The Kier molecular flexibility index (Phi) is 4.64. The van der Waals surface area contributed by atoms with E-state index in [1.807, 2.05) is 6.92 Å². The van der Waals surface area contributed by atoms with Gasteiger partial charge in [0.1, 0.15) is 10.6 Å². The quantitative estimate of drug-likeness (QED) is 0.831. The number of rotatable bonds is 5.